The van der Waals surface area contributed by atoms with Crippen LogP contribution in [0.5, 0.6) is 0 Å². The molecule has 0 amide bonds. The van der Waals surface area contributed by atoms with Gasteiger partial charge in [-0.2, -0.15) is 4.98 Å². The van der Waals surface area contributed by atoms with Crippen LogP contribution in [0.25, 0.3) is 0 Å². The number of nitrogens with zero attached hydrogens (tertiary/aromatic N) is 1. The number of hydrogen-bond acceptors (Lipinski definition) is 5. The van der Waals surface area contributed by atoms with Gasteiger partial charge in [-0.1, -0.05) is 0 Å². The number of ether oxygens (including phenoxy) is 2. The molecule has 0 saturated carbocycles. The molecule has 0 bridgehead atoms. The second-order valence-corrected chi connectivity index (χ2v) is 2.66. The van der Waals surface area contributed by atoms with E-state index >= 15 is 0 Å². The molecule has 0 aliphatic rings. The van der Waals surface area contributed by atoms with Gasteiger partial charge < -0.3 is 20.2 Å². The van der Waals surface area contributed by atoms with Crippen LogP contribution in [0.3, 0.4) is 0 Å². The standard InChI is InChI=1S/C8H13N3O3/c1-13-2-3-14-5-6-4-10-8(12)11-7(6)9/h4H,2-3,5H2,1H3,(H3,9,10,11,12). The monoisotopic (exact) mass is 199 g/mol. The predicted molar refractivity (Wildman–Crippen MR) is 50.8 cm³/mol. The van der Waals surface area contributed by atoms with E-state index in [2.05, 4.69) is 9.97 Å². The lowest BCUT2D eigenvalue weighted by Crippen LogP contribution is -2.15. The molecule has 1 aromatic rings. The van der Waals surface area contributed by atoms with E-state index in [0.717, 1.165) is 0 Å². The Morgan fingerprint density at radius 2 is 2.36 bits per heavy atom. The SMILES string of the molecule is COCCOCc1c[nH]c(=O)nc1N. The van der Waals surface area contributed by atoms with Crippen molar-refractivity contribution in [3.63, 3.8) is 0 Å². The van der Waals surface area contributed by atoms with Crippen molar-refractivity contribution in [1.29, 1.82) is 0 Å². The summed E-state index contributed by atoms with van der Waals surface area (Å²) in [5.74, 6) is 0.200. The van der Waals surface area contributed by atoms with Crippen molar-refractivity contribution in [2.75, 3.05) is 26.1 Å². The fourth-order valence-electron chi connectivity index (χ4n) is 0.876. The zero-order valence-electron chi connectivity index (χ0n) is 7.95. The van der Waals surface area contributed by atoms with Crippen LogP contribution in [0, 0.1) is 0 Å². The van der Waals surface area contributed by atoms with Gasteiger partial charge in [0.1, 0.15) is 5.82 Å². The molecular formula is C8H13N3O3. The number of methoxy groups -OCH3 is 1. The summed E-state index contributed by atoms with van der Waals surface area (Å²) in [4.78, 5) is 16.7. The fourth-order valence-corrected chi connectivity index (χ4v) is 0.876. The van der Waals surface area contributed by atoms with Gasteiger partial charge in [0.2, 0.25) is 0 Å². The minimum Gasteiger partial charge on any atom is -0.383 e. The first-order chi connectivity index (χ1) is 6.74. The molecule has 0 unspecified atom stereocenters. The first-order valence-corrected chi connectivity index (χ1v) is 4.15. The highest BCUT2D eigenvalue weighted by Gasteiger charge is 2.00. The number of anilines is 1. The van der Waals surface area contributed by atoms with Gasteiger partial charge in [-0.15, -0.1) is 0 Å². The average Bonchev–Trinajstić information content (AvgIpc) is 2.15. The van der Waals surface area contributed by atoms with Crippen LogP contribution in [0.4, 0.5) is 5.82 Å². The Kier molecular flexibility index (Phi) is 4.09. The third-order valence-electron chi connectivity index (χ3n) is 1.61. The van der Waals surface area contributed by atoms with Crippen molar-refractivity contribution in [1.82, 2.24) is 9.97 Å². The minimum atomic E-state index is -0.455. The molecule has 1 heterocycles. The molecule has 0 fully saturated rings. The number of nitrogens with one attached hydrogen (secondary N) is 1. The van der Waals surface area contributed by atoms with Crippen LogP contribution < -0.4 is 11.4 Å². The van der Waals surface area contributed by atoms with Crippen molar-refractivity contribution in [2.45, 2.75) is 6.61 Å². The number of rotatable bonds is 5. The van der Waals surface area contributed by atoms with Crippen LogP contribution in [0.2, 0.25) is 0 Å². The summed E-state index contributed by atoms with van der Waals surface area (Å²) in [6.07, 6.45) is 1.50. The molecule has 3 N–H and O–H groups in total. The Morgan fingerprint density at radius 1 is 1.57 bits per heavy atom. The van der Waals surface area contributed by atoms with E-state index in [1.807, 2.05) is 0 Å². The summed E-state index contributed by atoms with van der Waals surface area (Å²) in [6.45, 7) is 1.32. The zero-order chi connectivity index (χ0) is 10.4. The van der Waals surface area contributed by atoms with Gasteiger partial charge in [0, 0.05) is 18.9 Å². The molecule has 0 atom stereocenters. The van der Waals surface area contributed by atoms with E-state index in [1.54, 1.807) is 7.11 Å². The smallest absolute Gasteiger partial charge is 0.346 e. The van der Waals surface area contributed by atoms with Crippen LogP contribution in [-0.2, 0) is 16.1 Å². The first-order valence-electron chi connectivity index (χ1n) is 4.15. The molecule has 1 rings (SSSR count). The molecular weight excluding hydrogens is 186 g/mol. The van der Waals surface area contributed by atoms with Crippen LogP contribution in [0.15, 0.2) is 11.0 Å². The van der Waals surface area contributed by atoms with Crippen molar-refractivity contribution >= 4 is 5.82 Å². The molecule has 0 saturated heterocycles. The Morgan fingerprint density at radius 3 is 3.00 bits per heavy atom. The van der Waals surface area contributed by atoms with Gasteiger partial charge in [-0.3, -0.25) is 0 Å². The van der Waals surface area contributed by atoms with Gasteiger partial charge in [-0.25, -0.2) is 4.79 Å². The number of nitrogen functional groups attached to an aromatic ring is 1. The van der Waals surface area contributed by atoms with Crippen LogP contribution in [-0.4, -0.2) is 30.3 Å². The average molecular weight is 199 g/mol. The molecule has 0 radical (unpaired) electrons. The highest BCUT2D eigenvalue weighted by molar-refractivity contribution is 5.35. The van der Waals surface area contributed by atoms with Crippen molar-refractivity contribution in [3.8, 4) is 0 Å². The van der Waals surface area contributed by atoms with Gasteiger partial charge in [0.05, 0.1) is 19.8 Å². The highest BCUT2D eigenvalue weighted by atomic mass is 16.5. The number of hydrogen-bond donors (Lipinski definition) is 2. The first kappa shape index (κ1) is 10.7. The molecule has 0 aliphatic heterocycles. The van der Waals surface area contributed by atoms with Gasteiger partial charge in [0.25, 0.3) is 0 Å². The summed E-state index contributed by atoms with van der Waals surface area (Å²) in [6, 6.07) is 0. The van der Waals surface area contributed by atoms with Gasteiger partial charge in [-0.05, 0) is 0 Å². The van der Waals surface area contributed by atoms with E-state index < -0.39 is 5.69 Å². The lowest BCUT2D eigenvalue weighted by atomic mass is 10.3. The number of H-pyrrole nitrogens is 1. The lowest BCUT2D eigenvalue weighted by Gasteiger charge is -2.04. The molecule has 78 valence electrons. The zero-order valence-corrected chi connectivity index (χ0v) is 7.95. The predicted octanol–water partition coefficient (Wildman–Crippen LogP) is -0.485. The molecule has 6 nitrogen and oxygen atoms in total. The number of nitrogens with two attached hydrogens (primary N) is 1. The Labute approximate surface area is 81.1 Å². The third kappa shape index (κ3) is 3.15. The maximum absolute atomic E-state index is 10.7. The van der Waals surface area contributed by atoms with Crippen LogP contribution >= 0.6 is 0 Å². The Hall–Kier alpha value is -1.40. The summed E-state index contributed by atoms with van der Waals surface area (Å²) in [5.41, 5.74) is 5.71. The Bertz CT molecular complexity index is 337. The summed E-state index contributed by atoms with van der Waals surface area (Å²) < 4.78 is 10.0. The number of aromatic amines is 1. The molecule has 0 aromatic carbocycles. The normalized spacial score (nSPS) is 10.4. The van der Waals surface area contributed by atoms with Gasteiger partial charge in [0.15, 0.2) is 0 Å². The summed E-state index contributed by atoms with van der Waals surface area (Å²) in [5, 5.41) is 0. The fraction of sp³-hybridized carbons (Fsp3) is 0.500. The lowest BCUT2D eigenvalue weighted by molar-refractivity contribution is 0.0617. The maximum atomic E-state index is 10.7. The molecule has 1 aromatic heterocycles. The minimum absolute atomic E-state index is 0.200. The number of aromatic nitrogens is 2. The van der Waals surface area contributed by atoms with E-state index in [4.69, 9.17) is 15.2 Å². The summed E-state index contributed by atoms with van der Waals surface area (Å²) in [7, 11) is 1.60. The second kappa shape index (κ2) is 5.36. The highest BCUT2D eigenvalue weighted by Crippen LogP contribution is 2.04. The largest absolute Gasteiger partial charge is 0.383 e. The van der Waals surface area contributed by atoms with E-state index in [0.29, 0.717) is 25.4 Å². The molecule has 0 spiro atoms. The van der Waals surface area contributed by atoms with Crippen LogP contribution in [0.1, 0.15) is 5.56 Å². The third-order valence-corrected chi connectivity index (χ3v) is 1.61. The van der Waals surface area contributed by atoms with Crippen molar-refractivity contribution < 1.29 is 9.47 Å². The van der Waals surface area contributed by atoms with E-state index in [-0.39, 0.29) is 5.82 Å². The topological polar surface area (TPSA) is 90.2 Å². The summed E-state index contributed by atoms with van der Waals surface area (Å²) >= 11 is 0. The second-order valence-electron chi connectivity index (χ2n) is 2.66. The quantitative estimate of drug-likeness (QED) is 0.625. The molecule has 0 aliphatic carbocycles. The van der Waals surface area contributed by atoms with Crippen molar-refractivity contribution in [2.24, 2.45) is 0 Å². The molecule has 6 heteroatoms. The van der Waals surface area contributed by atoms with Crippen molar-refractivity contribution in [3.05, 3.63) is 22.2 Å². The van der Waals surface area contributed by atoms with E-state index in [9.17, 15) is 4.79 Å². The maximum Gasteiger partial charge on any atom is 0.346 e. The van der Waals surface area contributed by atoms with Gasteiger partial charge >= 0.3 is 5.69 Å². The molecule has 14 heavy (non-hydrogen) atoms. The Balaban J connectivity index is 2.46. The van der Waals surface area contributed by atoms with E-state index in [1.165, 1.54) is 6.20 Å².